The van der Waals surface area contributed by atoms with E-state index in [1.165, 1.54) is 25.0 Å². The van der Waals surface area contributed by atoms with Gasteiger partial charge in [0.2, 0.25) is 0 Å². The number of halogens is 1. The maximum absolute atomic E-state index is 12.9. The van der Waals surface area contributed by atoms with Gasteiger partial charge in [-0.15, -0.1) is 0 Å². The lowest BCUT2D eigenvalue weighted by molar-refractivity contribution is 0.113. The fourth-order valence-electron chi connectivity index (χ4n) is 3.31. The highest BCUT2D eigenvalue weighted by molar-refractivity contribution is 5.16. The highest BCUT2D eigenvalue weighted by Crippen LogP contribution is 2.32. The third-order valence-corrected chi connectivity index (χ3v) is 4.76. The van der Waals surface area contributed by atoms with Crippen LogP contribution in [0.15, 0.2) is 24.3 Å². The summed E-state index contributed by atoms with van der Waals surface area (Å²) in [6.45, 7) is 5.44. The van der Waals surface area contributed by atoms with Crippen molar-refractivity contribution in [2.75, 3.05) is 7.05 Å². The van der Waals surface area contributed by atoms with Crippen LogP contribution in [-0.4, -0.2) is 24.0 Å². The smallest absolute Gasteiger partial charge is 0.123 e. The van der Waals surface area contributed by atoms with Gasteiger partial charge in [0, 0.05) is 18.6 Å². The summed E-state index contributed by atoms with van der Waals surface area (Å²) in [7, 11) is 2.14. The fraction of sp³-hybridized carbons (Fsp3) is 0.647. The first-order valence-corrected chi connectivity index (χ1v) is 7.67. The fourth-order valence-corrected chi connectivity index (χ4v) is 3.31. The molecule has 1 fully saturated rings. The molecule has 2 N–H and O–H groups in total. The van der Waals surface area contributed by atoms with Crippen LogP contribution in [0, 0.1) is 17.7 Å². The molecule has 3 unspecified atom stereocenters. The summed E-state index contributed by atoms with van der Waals surface area (Å²) in [5.41, 5.74) is 7.46. The van der Waals surface area contributed by atoms with E-state index in [2.05, 4.69) is 25.8 Å². The SMILES string of the molecule is CC(C)C1CCC(N)C(N(C)Cc2ccc(F)cc2)C1. The van der Waals surface area contributed by atoms with E-state index in [9.17, 15) is 4.39 Å². The van der Waals surface area contributed by atoms with Crippen molar-refractivity contribution < 1.29 is 4.39 Å². The maximum Gasteiger partial charge on any atom is 0.123 e. The van der Waals surface area contributed by atoms with Gasteiger partial charge in [-0.25, -0.2) is 4.39 Å². The Morgan fingerprint density at radius 3 is 2.50 bits per heavy atom. The van der Waals surface area contributed by atoms with Crippen LogP contribution >= 0.6 is 0 Å². The first-order valence-electron chi connectivity index (χ1n) is 7.67. The monoisotopic (exact) mass is 278 g/mol. The molecule has 0 aromatic heterocycles. The summed E-state index contributed by atoms with van der Waals surface area (Å²) in [5.74, 6) is 1.32. The summed E-state index contributed by atoms with van der Waals surface area (Å²) >= 11 is 0. The highest BCUT2D eigenvalue weighted by Gasteiger charge is 2.31. The number of rotatable bonds is 4. The Morgan fingerprint density at radius 1 is 1.25 bits per heavy atom. The van der Waals surface area contributed by atoms with E-state index in [1.54, 1.807) is 0 Å². The Bertz CT molecular complexity index is 416. The molecular formula is C17H27FN2. The first-order chi connectivity index (χ1) is 9.47. The van der Waals surface area contributed by atoms with Gasteiger partial charge >= 0.3 is 0 Å². The summed E-state index contributed by atoms with van der Waals surface area (Å²) in [5, 5.41) is 0. The lowest BCUT2D eigenvalue weighted by Gasteiger charge is -2.41. The zero-order valence-electron chi connectivity index (χ0n) is 12.8. The minimum absolute atomic E-state index is 0.175. The van der Waals surface area contributed by atoms with Crippen LogP contribution in [0.1, 0.15) is 38.7 Å². The Morgan fingerprint density at radius 2 is 1.90 bits per heavy atom. The molecule has 1 saturated carbocycles. The molecule has 0 spiro atoms. The van der Waals surface area contributed by atoms with Crippen molar-refractivity contribution in [2.24, 2.45) is 17.6 Å². The molecule has 1 aromatic carbocycles. The largest absolute Gasteiger partial charge is 0.326 e. The van der Waals surface area contributed by atoms with Crippen molar-refractivity contribution in [1.29, 1.82) is 0 Å². The van der Waals surface area contributed by atoms with Gasteiger partial charge in [0.25, 0.3) is 0 Å². The third-order valence-electron chi connectivity index (χ3n) is 4.76. The van der Waals surface area contributed by atoms with Crippen LogP contribution < -0.4 is 5.73 Å². The van der Waals surface area contributed by atoms with Gasteiger partial charge in [0.05, 0.1) is 0 Å². The number of nitrogens with two attached hydrogens (primary N) is 1. The Hall–Kier alpha value is -0.930. The standard InChI is InChI=1S/C17H27FN2/c1-12(2)14-6-9-16(19)17(10-14)20(3)11-13-4-7-15(18)8-5-13/h4-5,7-8,12,14,16-17H,6,9-11,19H2,1-3H3. The summed E-state index contributed by atoms with van der Waals surface area (Å²) in [6, 6.07) is 7.47. The minimum atomic E-state index is -0.175. The summed E-state index contributed by atoms with van der Waals surface area (Å²) in [4.78, 5) is 2.34. The van der Waals surface area contributed by atoms with Crippen molar-refractivity contribution in [3.8, 4) is 0 Å². The molecular weight excluding hydrogens is 251 g/mol. The molecule has 20 heavy (non-hydrogen) atoms. The molecule has 0 bridgehead atoms. The van der Waals surface area contributed by atoms with Gasteiger partial charge in [-0.3, -0.25) is 4.90 Å². The molecule has 0 amide bonds. The molecule has 0 aliphatic heterocycles. The van der Waals surface area contributed by atoms with Crippen LogP contribution in [0.5, 0.6) is 0 Å². The summed E-state index contributed by atoms with van der Waals surface area (Å²) < 4.78 is 12.9. The molecule has 0 saturated heterocycles. The number of hydrogen-bond acceptors (Lipinski definition) is 2. The van der Waals surface area contributed by atoms with Gasteiger partial charge in [0.1, 0.15) is 5.82 Å². The lowest BCUT2D eigenvalue weighted by Crippen LogP contribution is -2.50. The van der Waals surface area contributed by atoms with Crippen LogP contribution in [0.3, 0.4) is 0 Å². The minimum Gasteiger partial charge on any atom is -0.326 e. The predicted molar refractivity (Wildman–Crippen MR) is 81.8 cm³/mol. The van der Waals surface area contributed by atoms with E-state index in [1.807, 2.05) is 12.1 Å². The molecule has 0 radical (unpaired) electrons. The van der Waals surface area contributed by atoms with Crippen LogP contribution in [-0.2, 0) is 6.54 Å². The second-order valence-electron chi connectivity index (χ2n) is 6.59. The quantitative estimate of drug-likeness (QED) is 0.914. The van der Waals surface area contributed by atoms with Crippen LogP contribution in [0.4, 0.5) is 4.39 Å². The van der Waals surface area contributed by atoms with Crippen molar-refractivity contribution in [3.63, 3.8) is 0 Å². The molecule has 2 rings (SSSR count). The predicted octanol–water partition coefficient (Wildman–Crippen LogP) is 3.41. The molecule has 3 heteroatoms. The average Bonchev–Trinajstić information content (AvgIpc) is 2.41. The molecule has 3 atom stereocenters. The van der Waals surface area contributed by atoms with E-state index in [0.29, 0.717) is 6.04 Å². The van der Waals surface area contributed by atoms with Crippen LogP contribution in [0.2, 0.25) is 0 Å². The zero-order valence-corrected chi connectivity index (χ0v) is 12.8. The Kier molecular flexibility index (Phi) is 5.17. The van der Waals surface area contributed by atoms with E-state index in [-0.39, 0.29) is 11.9 Å². The van der Waals surface area contributed by atoms with Gasteiger partial charge < -0.3 is 5.73 Å². The van der Waals surface area contributed by atoms with E-state index in [4.69, 9.17) is 5.73 Å². The molecule has 1 aromatic rings. The van der Waals surface area contributed by atoms with Crippen LogP contribution in [0.25, 0.3) is 0 Å². The number of likely N-dealkylation sites (N-methyl/N-ethyl adjacent to an activating group) is 1. The number of nitrogens with zero attached hydrogens (tertiary/aromatic N) is 1. The van der Waals surface area contributed by atoms with E-state index in [0.717, 1.165) is 30.4 Å². The van der Waals surface area contributed by atoms with Gasteiger partial charge in [-0.05, 0) is 55.8 Å². The van der Waals surface area contributed by atoms with Gasteiger partial charge in [-0.2, -0.15) is 0 Å². The average molecular weight is 278 g/mol. The second kappa shape index (κ2) is 6.68. The van der Waals surface area contributed by atoms with E-state index >= 15 is 0 Å². The maximum atomic E-state index is 12.9. The van der Waals surface area contributed by atoms with Crippen molar-refractivity contribution >= 4 is 0 Å². The lowest BCUT2D eigenvalue weighted by atomic mass is 9.76. The molecule has 1 aliphatic carbocycles. The number of hydrogen-bond donors (Lipinski definition) is 1. The van der Waals surface area contributed by atoms with Gasteiger partial charge in [0.15, 0.2) is 0 Å². The normalized spacial score (nSPS) is 27.2. The van der Waals surface area contributed by atoms with Crippen molar-refractivity contribution in [3.05, 3.63) is 35.6 Å². The molecule has 112 valence electrons. The highest BCUT2D eigenvalue weighted by atomic mass is 19.1. The summed E-state index contributed by atoms with van der Waals surface area (Å²) in [6.07, 6.45) is 3.54. The van der Waals surface area contributed by atoms with Crippen molar-refractivity contribution in [2.45, 2.75) is 51.7 Å². The number of benzene rings is 1. The molecule has 0 heterocycles. The zero-order chi connectivity index (χ0) is 14.7. The molecule has 2 nitrogen and oxygen atoms in total. The third kappa shape index (κ3) is 3.80. The second-order valence-corrected chi connectivity index (χ2v) is 6.59. The van der Waals surface area contributed by atoms with E-state index < -0.39 is 0 Å². The van der Waals surface area contributed by atoms with Gasteiger partial charge in [-0.1, -0.05) is 26.0 Å². The Labute approximate surface area is 122 Å². The topological polar surface area (TPSA) is 29.3 Å². The Balaban J connectivity index is 1.99. The van der Waals surface area contributed by atoms with Crippen molar-refractivity contribution in [1.82, 2.24) is 4.90 Å². The molecule has 1 aliphatic rings. The first kappa shape index (κ1) is 15.5.